The van der Waals surface area contributed by atoms with Crippen LogP contribution in [0.5, 0.6) is 5.75 Å². The van der Waals surface area contributed by atoms with Crippen molar-refractivity contribution in [2.24, 2.45) is 0 Å². The minimum Gasteiger partial charge on any atom is -0.435 e. The van der Waals surface area contributed by atoms with Crippen LogP contribution in [0, 0.1) is 11.6 Å². The largest absolute Gasteiger partial charge is 0.435 e. The van der Waals surface area contributed by atoms with E-state index in [0.717, 1.165) is 12.1 Å². The zero-order chi connectivity index (χ0) is 17.7. The summed E-state index contributed by atoms with van der Waals surface area (Å²) in [6, 6.07) is 7.51. The Bertz CT molecular complexity index is 708. The van der Waals surface area contributed by atoms with E-state index in [-0.39, 0.29) is 5.75 Å². The number of hydrogen-bond acceptors (Lipinski definition) is 2. The molecule has 0 spiro atoms. The van der Waals surface area contributed by atoms with Crippen LogP contribution in [-0.4, -0.2) is 12.6 Å². The number of halogens is 4. The maximum Gasteiger partial charge on any atom is 0.387 e. The topological polar surface area (TPSA) is 50.4 Å². The molecular weight excluding hydrogens is 328 g/mol. The van der Waals surface area contributed by atoms with E-state index < -0.39 is 30.3 Å². The van der Waals surface area contributed by atoms with E-state index in [4.69, 9.17) is 0 Å². The van der Waals surface area contributed by atoms with Gasteiger partial charge in [-0.25, -0.2) is 13.6 Å². The molecule has 1 unspecified atom stereocenters. The number of anilines is 1. The quantitative estimate of drug-likeness (QED) is 0.789. The van der Waals surface area contributed by atoms with Crippen LogP contribution in [0.15, 0.2) is 42.5 Å². The number of benzene rings is 2. The van der Waals surface area contributed by atoms with Gasteiger partial charge in [0, 0.05) is 5.69 Å². The number of hydrogen-bond donors (Lipinski definition) is 2. The van der Waals surface area contributed by atoms with Crippen molar-refractivity contribution in [2.75, 3.05) is 5.32 Å². The van der Waals surface area contributed by atoms with Gasteiger partial charge in [-0.3, -0.25) is 0 Å². The molecule has 24 heavy (non-hydrogen) atoms. The lowest BCUT2D eigenvalue weighted by molar-refractivity contribution is -0.0498. The van der Waals surface area contributed by atoms with Gasteiger partial charge in [0.15, 0.2) is 11.6 Å². The summed E-state index contributed by atoms with van der Waals surface area (Å²) in [5.74, 6) is -2.01. The Balaban J connectivity index is 1.93. The molecule has 0 heterocycles. The molecule has 1 atom stereocenters. The first kappa shape index (κ1) is 17.6. The second kappa shape index (κ2) is 7.67. The van der Waals surface area contributed by atoms with Crippen LogP contribution in [-0.2, 0) is 0 Å². The fraction of sp³-hybridized carbons (Fsp3) is 0.188. The van der Waals surface area contributed by atoms with Crippen LogP contribution in [0.25, 0.3) is 0 Å². The van der Waals surface area contributed by atoms with Gasteiger partial charge in [-0.15, -0.1) is 0 Å². The first-order valence-corrected chi connectivity index (χ1v) is 6.92. The molecule has 4 nitrogen and oxygen atoms in total. The molecule has 2 amide bonds. The van der Waals surface area contributed by atoms with Crippen molar-refractivity contribution in [3.63, 3.8) is 0 Å². The summed E-state index contributed by atoms with van der Waals surface area (Å²) in [5.41, 5.74) is 0.747. The Morgan fingerprint density at radius 3 is 2.29 bits per heavy atom. The Hall–Kier alpha value is -2.77. The van der Waals surface area contributed by atoms with Gasteiger partial charge in [0.2, 0.25) is 0 Å². The van der Waals surface area contributed by atoms with Gasteiger partial charge < -0.3 is 15.4 Å². The maximum absolute atomic E-state index is 13.2. The van der Waals surface area contributed by atoms with Crippen molar-refractivity contribution in [2.45, 2.75) is 19.6 Å². The molecule has 2 rings (SSSR count). The summed E-state index contributed by atoms with van der Waals surface area (Å²) in [7, 11) is 0. The SMILES string of the molecule is CC(NC(=O)Nc1ccc(OC(F)F)cc1)c1ccc(F)c(F)c1. The molecular formula is C16H14F4N2O2. The smallest absolute Gasteiger partial charge is 0.387 e. The first-order chi connectivity index (χ1) is 11.3. The minimum absolute atomic E-state index is 0.0360. The number of amides is 2. The van der Waals surface area contributed by atoms with Gasteiger partial charge in [0.25, 0.3) is 0 Å². The molecule has 128 valence electrons. The third kappa shape index (κ3) is 4.87. The van der Waals surface area contributed by atoms with Crippen molar-refractivity contribution in [1.82, 2.24) is 5.32 Å². The standard InChI is InChI=1S/C16H14F4N2O2/c1-9(10-2-7-13(17)14(18)8-10)21-16(23)22-11-3-5-12(6-4-11)24-15(19)20/h2-9,15H,1H3,(H2,21,22,23). The van der Waals surface area contributed by atoms with Crippen LogP contribution < -0.4 is 15.4 Å². The average molecular weight is 342 g/mol. The lowest BCUT2D eigenvalue weighted by Gasteiger charge is -2.15. The molecule has 8 heteroatoms. The highest BCUT2D eigenvalue weighted by Gasteiger charge is 2.12. The molecule has 0 fully saturated rings. The highest BCUT2D eigenvalue weighted by molar-refractivity contribution is 5.89. The van der Waals surface area contributed by atoms with E-state index in [2.05, 4.69) is 15.4 Å². The normalized spacial score (nSPS) is 11.9. The third-order valence-corrected chi connectivity index (χ3v) is 3.13. The van der Waals surface area contributed by atoms with Crippen molar-refractivity contribution >= 4 is 11.7 Å². The third-order valence-electron chi connectivity index (χ3n) is 3.13. The van der Waals surface area contributed by atoms with E-state index in [0.29, 0.717) is 11.3 Å². The molecule has 0 saturated heterocycles. The van der Waals surface area contributed by atoms with Gasteiger partial charge in [-0.1, -0.05) is 6.07 Å². The summed E-state index contributed by atoms with van der Waals surface area (Å²) in [4.78, 5) is 11.9. The summed E-state index contributed by atoms with van der Waals surface area (Å²) in [6.07, 6.45) is 0. The second-order valence-corrected chi connectivity index (χ2v) is 4.90. The summed E-state index contributed by atoms with van der Waals surface area (Å²) in [5, 5.41) is 5.04. The first-order valence-electron chi connectivity index (χ1n) is 6.92. The lowest BCUT2D eigenvalue weighted by atomic mass is 10.1. The van der Waals surface area contributed by atoms with Crippen LogP contribution in [0.1, 0.15) is 18.5 Å². The van der Waals surface area contributed by atoms with Crippen molar-refractivity contribution in [1.29, 1.82) is 0 Å². The van der Waals surface area contributed by atoms with Crippen molar-refractivity contribution < 1.29 is 27.1 Å². The zero-order valence-electron chi connectivity index (χ0n) is 12.5. The molecule has 0 aliphatic carbocycles. The molecule has 0 aliphatic rings. The molecule has 0 aliphatic heterocycles. The number of ether oxygens (including phenoxy) is 1. The van der Waals surface area contributed by atoms with E-state index in [1.807, 2.05) is 0 Å². The van der Waals surface area contributed by atoms with Crippen LogP contribution >= 0.6 is 0 Å². The molecule has 2 aromatic carbocycles. The number of carbonyl (C=O) groups is 1. The number of rotatable bonds is 5. The van der Waals surface area contributed by atoms with Gasteiger partial charge in [-0.2, -0.15) is 8.78 Å². The van der Waals surface area contributed by atoms with Gasteiger partial charge >= 0.3 is 12.6 Å². The van der Waals surface area contributed by atoms with E-state index in [1.54, 1.807) is 6.92 Å². The summed E-state index contributed by atoms with van der Waals surface area (Å²) >= 11 is 0. The highest BCUT2D eigenvalue weighted by atomic mass is 19.3. The fourth-order valence-electron chi connectivity index (χ4n) is 1.95. The average Bonchev–Trinajstić information content (AvgIpc) is 2.51. The Kier molecular flexibility index (Phi) is 5.62. The zero-order valence-corrected chi connectivity index (χ0v) is 12.5. The molecule has 2 aromatic rings. The maximum atomic E-state index is 13.2. The van der Waals surface area contributed by atoms with E-state index in [1.165, 1.54) is 30.3 Å². The van der Waals surface area contributed by atoms with Crippen LogP contribution in [0.2, 0.25) is 0 Å². The van der Waals surface area contributed by atoms with E-state index >= 15 is 0 Å². The van der Waals surface area contributed by atoms with E-state index in [9.17, 15) is 22.4 Å². The Morgan fingerprint density at radius 2 is 1.71 bits per heavy atom. The van der Waals surface area contributed by atoms with Crippen molar-refractivity contribution in [3.8, 4) is 5.75 Å². The highest BCUT2D eigenvalue weighted by Crippen LogP contribution is 2.19. The van der Waals surface area contributed by atoms with Gasteiger partial charge in [0.05, 0.1) is 6.04 Å². The fourth-order valence-corrected chi connectivity index (χ4v) is 1.95. The minimum atomic E-state index is -2.93. The lowest BCUT2D eigenvalue weighted by Crippen LogP contribution is -2.31. The van der Waals surface area contributed by atoms with Crippen molar-refractivity contribution in [3.05, 3.63) is 59.7 Å². The Labute approximate surface area is 135 Å². The summed E-state index contributed by atoms with van der Waals surface area (Å²) < 4.78 is 54.3. The molecule has 0 aromatic heterocycles. The van der Waals surface area contributed by atoms with Gasteiger partial charge in [-0.05, 0) is 48.9 Å². The monoisotopic (exact) mass is 342 g/mol. The number of nitrogens with one attached hydrogen (secondary N) is 2. The molecule has 0 radical (unpaired) electrons. The van der Waals surface area contributed by atoms with Crippen LogP contribution in [0.4, 0.5) is 28.0 Å². The number of carbonyl (C=O) groups excluding carboxylic acids is 1. The Morgan fingerprint density at radius 1 is 1.04 bits per heavy atom. The number of urea groups is 1. The predicted molar refractivity (Wildman–Crippen MR) is 80.0 cm³/mol. The van der Waals surface area contributed by atoms with Gasteiger partial charge in [0.1, 0.15) is 5.75 Å². The summed E-state index contributed by atoms with van der Waals surface area (Å²) in [6.45, 7) is -1.32. The predicted octanol–water partition coefficient (Wildman–Crippen LogP) is 4.45. The number of alkyl halides is 2. The second-order valence-electron chi connectivity index (χ2n) is 4.90. The van der Waals surface area contributed by atoms with Crippen LogP contribution in [0.3, 0.4) is 0 Å². The molecule has 2 N–H and O–H groups in total. The molecule has 0 bridgehead atoms. The molecule has 0 saturated carbocycles.